The minimum Gasteiger partial charge on any atom is -0.264 e. The standard InChI is InChI=1S/C41H28N4/c1-6-14-38-28(8-1)22-31(25-43-38)41-36-12-4-2-10-34(36)40(35-11-3-5-13-37(35)41)29-17-20-39-32(23-29)26-45(44-39)33-18-15-27(16-19-33)30-9-7-21-42-24-30/h1-15,17-27H,16H2. The van der Waals surface area contributed by atoms with Crippen LogP contribution in [-0.2, 0) is 0 Å². The zero-order chi connectivity index (χ0) is 29.7. The molecule has 5 aromatic carbocycles. The molecule has 0 amide bonds. The number of allylic oxidation sites excluding steroid dienone is 4. The number of rotatable bonds is 4. The van der Waals surface area contributed by atoms with Gasteiger partial charge < -0.3 is 0 Å². The van der Waals surface area contributed by atoms with Gasteiger partial charge in [-0.3, -0.25) is 9.97 Å². The van der Waals surface area contributed by atoms with Crippen LogP contribution in [0, 0.1) is 0 Å². The molecule has 212 valence electrons. The summed E-state index contributed by atoms with van der Waals surface area (Å²) in [6.07, 6.45) is 15.6. The maximum absolute atomic E-state index is 4.95. The minimum absolute atomic E-state index is 0.342. The first-order valence-electron chi connectivity index (χ1n) is 15.4. The summed E-state index contributed by atoms with van der Waals surface area (Å²) in [7, 11) is 0. The first kappa shape index (κ1) is 25.6. The van der Waals surface area contributed by atoms with Crippen LogP contribution in [0.25, 0.3) is 71.3 Å². The summed E-state index contributed by atoms with van der Waals surface area (Å²) in [4.78, 5) is 9.12. The van der Waals surface area contributed by atoms with Crippen LogP contribution >= 0.6 is 0 Å². The van der Waals surface area contributed by atoms with Crippen molar-refractivity contribution in [1.82, 2.24) is 19.7 Å². The van der Waals surface area contributed by atoms with Gasteiger partial charge in [-0.2, -0.15) is 5.10 Å². The molecule has 0 saturated heterocycles. The lowest BCUT2D eigenvalue weighted by Gasteiger charge is -2.17. The fraction of sp³-hybridized carbons (Fsp3) is 0.0488. The Morgan fingerprint density at radius 2 is 1.33 bits per heavy atom. The van der Waals surface area contributed by atoms with E-state index in [-0.39, 0.29) is 0 Å². The van der Waals surface area contributed by atoms with E-state index in [1.54, 1.807) is 0 Å². The van der Waals surface area contributed by atoms with E-state index in [4.69, 9.17) is 10.1 Å². The number of benzene rings is 5. The Morgan fingerprint density at radius 3 is 2.04 bits per heavy atom. The highest BCUT2D eigenvalue weighted by Gasteiger charge is 2.18. The van der Waals surface area contributed by atoms with E-state index in [9.17, 15) is 0 Å². The molecule has 0 saturated carbocycles. The lowest BCUT2D eigenvalue weighted by Crippen LogP contribution is -2.03. The van der Waals surface area contributed by atoms with Crippen molar-refractivity contribution in [2.24, 2.45) is 0 Å². The topological polar surface area (TPSA) is 43.6 Å². The first-order chi connectivity index (χ1) is 22.3. The highest BCUT2D eigenvalue weighted by Crippen LogP contribution is 2.44. The molecule has 3 aromatic heterocycles. The smallest absolute Gasteiger partial charge is 0.0928 e. The van der Waals surface area contributed by atoms with Gasteiger partial charge in [0, 0.05) is 47.0 Å². The van der Waals surface area contributed by atoms with Gasteiger partial charge in [-0.15, -0.1) is 0 Å². The number of nitrogens with zero attached hydrogens (tertiary/aromatic N) is 4. The average Bonchev–Trinajstić information content (AvgIpc) is 3.54. The van der Waals surface area contributed by atoms with E-state index in [1.165, 1.54) is 43.8 Å². The lowest BCUT2D eigenvalue weighted by atomic mass is 9.86. The molecule has 1 aliphatic rings. The fourth-order valence-electron chi connectivity index (χ4n) is 6.89. The highest BCUT2D eigenvalue weighted by atomic mass is 15.3. The second-order valence-corrected chi connectivity index (χ2v) is 11.7. The Balaban J connectivity index is 1.17. The highest BCUT2D eigenvalue weighted by molar-refractivity contribution is 6.21. The Hall–Kier alpha value is -5.87. The summed E-state index contributed by atoms with van der Waals surface area (Å²) in [5.74, 6) is 0.342. The summed E-state index contributed by atoms with van der Waals surface area (Å²) >= 11 is 0. The van der Waals surface area contributed by atoms with Crippen LogP contribution in [0.5, 0.6) is 0 Å². The Bertz CT molecular complexity index is 2410. The molecular weight excluding hydrogens is 548 g/mol. The van der Waals surface area contributed by atoms with Gasteiger partial charge in [0.2, 0.25) is 0 Å². The van der Waals surface area contributed by atoms with Crippen LogP contribution in [0.4, 0.5) is 0 Å². The van der Waals surface area contributed by atoms with Crippen molar-refractivity contribution in [3.8, 4) is 22.3 Å². The molecule has 0 N–H and O–H groups in total. The van der Waals surface area contributed by atoms with E-state index in [0.29, 0.717) is 5.92 Å². The third-order valence-electron chi connectivity index (χ3n) is 9.06. The molecule has 4 nitrogen and oxygen atoms in total. The van der Waals surface area contributed by atoms with Crippen LogP contribution in [0.3, 0.4) is 0 Å². The second kappa shape index (κ2) is 10.4. The van der Waals surface area contributed by atoms with Crippen molar-refractivity contribution >= 4 is 49.0 Å². The fourth-order valence-corrected chi connectivity index (χ4v) is 6.89. The van der Waals surface area contributed by atoms with Crippen LogP contribution < -0.4 is 0 Å². The summed E-state index contributed by atoms with van der Waals surface area (Å²) < 4.78 is 2.01. The molecule has 0 radical (unpaired) electrons. The zero-order valence-corrected chi connectivity index (χ0v) is 24.5. The van der Waals surface area contributed by atoms with E-state index in [0.717, 1.165) is 39.5 Å². The van der Waals surface area contributed by atoms with Crippen molar-refractivity contribution in [3.63, 3.8) is 0 Å². The molecular formula is C41H28N4. The van der Waals surface area contributed by atoms with Crippen molar-refractivity contribution in [3.05, 3.63) is 158 Å². The molecule has 8 aromatic rings. The molecule has 45 heavy (non-hydrogen) atoms. The van der Waals surface area contributed by atoms with Crippen molar-refractivity contribution < 1.29 is 0 Å². The third kappa shape index (κ3) is 4.34. The van der Waals surface area contributed by atoms with E-state index < -0.39 is 0 Å². The van der Waals surface area contributed by atoms with Crippen molar-refractivity contribution in [2.75, 3.05) is 0 Å². The summed E-state index contributed by atoms with van der Waals surface area (Å²) in [5, 5.41) is 12.1. The molecule has 1 unspecified atom stereocenters. The van der Waals surface area contributed by atoms with E-state index in [1.807, 2.05) is 35.4 Å². The van der Waals surface area contributed by atoms with E-state index in [2.05, 4.69) is 126 Å². The van der Waals surface area contributed by atoms with Gasteiger partial charge in [-0.05, 0) is 86.6 Å². The molecule has 1 atom stereocenters. The van der Waals surface area contributed by atoms with Gasteiger partial charge in [0.05, 0.1) is 16.7 Å². The maximum atomic E-state index is 4.95. The van der Waals surface area contributed by atoms with Crippen molar-refractivity contribution in [2.45, 2.75) is 12.3 Å². The number of pyridine rings is 2. The average molecular weight is 577 g/mol. The zero-order valence-electron chi connectivity index (χ0n) is 24.5. The molecule has 0 fully saturated rings. The van der Waals surface area contributed by atoms with Crippen LogP contribution in [-0.4, -0.2) is 19.7 Å². The SMILES string of the molecule is C1=CC(c2cccnc2)CC=C1n1cc2cc(-c3c4ccccc4c(-c4cnc5ccccc5c4)c4ccccc34)ccc2n1. The van der Waals surface area contributed by atoms with Gasteiger partial charge in [0.1, 0.15) is 0 Å². The molecule has 3 heterocycles. The number of aromatic nitrogens is 4. The number of hydrogen-bond acceptors (Lipinski definition) is 3. The number of fused-ring (bicyclic) bond motifs is 4. The predicted octanol–water partition coefficient (Wildman–Crippen LogP) is 10.2. The van der Waals surface area contributed by atoms with Crippen LogP contribution in [0.15, 0.2) is 152 Å². The molecule has 0 aliphatic heterocycles. The molecule has 9 rings (SSSR count). The Labute approximate surface area is 260 Å². The third-order valence-corrected chi connectivity index (χ3v) is 9.06. The largest absolute Gasteiger partial charge is 0.264 e. The summed E-state index contributed by atoms with van der Waals surface area (Å²) in [6, 6.07) is 38.9. The van der Waals surface area contributed by atoms with Crippen molar-refractivity contribution in [1.29, 1.82) is 0 Å². The molecule has 0 spiro atoms. The van der Waals surface area contributed by atoms with E-state index >= 15 is 0 Å². The van der Waals surface area contributed by atoms with Gasteiger partial charge in [-0.1, -0.05) is 91.0 Å². The monoisotopic (exact) mass is 576 g/mol. The first-order valence-corrected chi connectivity index (χ1v) is 15.4. The van der Waals surface area contributed by atoms with Gasteiger partial charge in [-0.25, -0.2) is 4.68 Å². The van der Waals surface area contributed by atoms with Gasteiger partial charge in [0.25, 0.3) is 0 Å². The maximum Gasteiger partial charge on any atom is 0.0928 e. The summed E-state index contributed by atoms with van der Waals surface area (Å²) in [6.45, 7) is 0. The lowest BCUT2D eigenvalue weighted by molar-refractivity contribution is 0.826. The van der Waals surface area contributed by atoms with Crippen LogP contribution in [0.1, 0.15) is 17.9 Å². The normalized spacial score (nSPS) is 14.8. The predicted molar refractivity (Wildman–Crippen MR) is 186 cm³/mol. The minimum atomic E-state index is 0.342. The van der Waals surface area contributed by atoms with Crippen LogP contribution in [0.2, 0.25) is 0 Å². The molecule has 4 heteroatoms. The number of hydrogen-bond donors (Lipinski definition) is 0. The van der Waals surface area contributed by atoms with Gasteiger partial charge in [0.15, 0.2) is 0 Å². The second-order valence-electron chi connectivity index (χ2n) is 11.7. The Kier molecular flexibility index (Phi) is 5.91. The quantitative estimate of drug-likeness (QED) is 0.196. The number of para-hydroxylation sites is 1. The Morgan fingerprint density at radius 1 is 0.622 bits per heavy atom. The summed E-state index contributed by atoms with van der Waals surface area (Å²) in [5.41, 5.74) is 9.09. The molecule has 1 aliphatic carbocycles. The molecule has 0 bridgehead atoms. The van der Waals surface area contributed by atoms with Gasteiger partial charge >= 0.3 is 0 Å².